The Bertz CT molecular complexity index is 489. The minimum Gasteiger partial charge on any atom is -0.461 e. The molecule has 0 heterocycles. The first-order valence-electron chi connectivity index (χ1n) is 5.24. The third-order valence-corrected chi connectivity index (χ3v) is 2.08. The Labute approximate surface area is 103 Å². The molecular formula is C13H11F2NO2. The first-order valence-corrected chi connectivity index (χ1v) is 5.24. The highest BCUT2D eigenvalue weighted by Gasteiger charge is 2.38. The minimum atomic E-state index is -3.81. The number of esters is 1. The van der Waals surface area contributed by atoms with Crippen LogP contribution in [-0.4, -0.2) is 18.5 Å². The second-order valence-corrected chi connectivity index (χ2v) is 3.38. The number of ether oxygens (including phenoxy) is 1. The molecule has 0 aliphatic heterocycles. The van der Waals surface area contributed by atoms with Crippen LogP contribution >= 0.6 is 0 Å². The Balaban J connectivity index is 3.06. The zero-order chi connectivity index (χ0) is 13.6. The third kappa shape index (κ3) is 3.39. The van der Waals surface area contributed by atoms with Crippen LogP contribution in [0.15, 0.2) is 36.4 Å². The molecule has 0 fully saturated rings. The van der Waals surface area contributed by atoms with E-state index in [1.165, 1.54) is 19.1 Å². The van der Waals surface area contributed by atoms with E-state index >= 15 is 0 Å². The van der Waals surface area contributed by atoms with Crippen molar-refractivity contribution in [3.63, 3.8) is 0 Å². The molecule has 0 atom stereocenters. The van der Waals surface area contributed by atoms with E-state index in [9.17, 15) is 13.6 Å². The smallest absolute Gasteiger partial charge is 0.381 e. The maximum absolute atomic E-state index is 13.4. The van der Waals surface area contributed by atoms with E-state index in [1.54, 1.807) is 24.3 Å². The van der Waals surface area contributed by atoms with Crippen LogP contribution in [0.4, 0.5) is 8.78 Å². The van der Waals surface area contributed by atoms with Crippen molar-refractivity contribution in [2.24, 2.45) is 0 Å². The van der Waals surface area contributed by atoms with Crippen LogP contribution in [0.5, 0.6) is 0 Å². The van der Waals surface area contributed by atoms with Crippen LogP contribution in [-0.2, 0) is 9.53 Å². The lowest BCUT2D eigenvalue weighted by Crippen LogP contribution is -2.28. The number of nitriles is 1. The topological polar surface area (TPSA) is 50.1 Å². The van der Waals surface area contributed by atoms with Crippen molar-refractivity contribution in [1.82, 2.24) is 0 Å². The number of allylic oxidation sites excluding steroid dienone is 1. The van der Waals surface area contributed by atoms with E-state index in [0.717, 1.165) is 0 Å². The molecule has 94 valence electrons. The second kappa shape index (κ2) is 5.92. The molecule has 0 spiro atoms. The normalized spacial score (nSPS) is 11.8. The molecule has 0 N–H and O–H groups in total. The van der Waals surface area contributed by atoms with Gasteiger partial charge in [-0.1, -0.05) is 30.3 Å². The highest BCUT2D eigenvalue weighted by atomic mass is 19.3. The zero-order valence-corrected chi connectivity index (χ0v) is 9.69. The van der Waals surface area contributed by atoms with E-state index in [2.05, 4.69) is 4.74 Å². The molecule has 0 aromatic heterocycles. The molecule has 1 aromatic carbocycles. The number of hydrogen-bond donors (Lipinski definition) is 0. The number of alkyl halides is 2. The van der Waals surface area contributed by atoms with E-state index in [1.807, 2.05) is 0 Å². The van der Waals surface area contributed by atoms with Gasteiger partial charge in [0.1, 0.15) is 0 Å². The Morgan fingerprint density at radius 2 is 2.06 bits per heavy atom. The van der Waals surface area contributed by atoms with Crippen molar-refractivity contribution in [2.75, 3.05) is 6.61 Å². The van der Waals surface area contributed by atoms with Crippen molar-refractivity contribution < 1.29 is 18.3 Å². The van der Waals surface area contributed by atoms with Crippen LogP contribution < -0.4 is 0 Å². The summed E-state index contributed by atoms with van der Waals surface area (Å²) >= 11 is 0. The average Bonchev–Trinajstić information content (AvgIpc) is 2.37. The molecule has 18 heavy (non-hydrogen) atoms. The lowest BCUT2D eigenvalue weighted by atomic mass is 10.1. The van der Waals surface area contributed by atoms with Gasteiger partial charge in [-0.2, -0.15) is 14.0 Å². The van der Waals surface area contributed by atoms with E-state index in [0.29, 0.717) is 11.6 Å². The fourth-order valence-corrected chi connectivity index (χ4v) is 1.27. The summed E-state index contributed by atoms with van der Waals surface area (Å²) in [7, 11) is 0. The maximum Gasteiger partial charge on any atom is 0.381 e. The van der Waals surface area contributed by atoms with Gasteiger partial charge in [0.2, 0.25) is 0 Å². The summed E-state index contributed by atoms with van der Waals surface area (Å²) in [6.07, 6.45) is 0.320. The molecule has 0 radical (unpaired) electrons. The van der Waals surface area contributed by atoms with Crippen molar-refractivity contribution in [2.45, 2.75) is 12.8 Å². The summed E-state index contributed by atoms with van der Waals surface area (Å²) in [4.78, 5) is 11.0. The summed E-state index contributed by atoms with van der Waals surface area (Å²) in [5.41, 5.74) is 0.0534. The molecule has 3 nitrogen and oxygen atoms in total. The first kappa shape index (κ1) is 13.8. The van der Waals surface area contributed by atoms with Gasteiger partial charge in [0.15, 0.2) is 0 Å². The molecule has 0 saturated carbocycles. The molecule has 0 unspecified atom stereocenters. The fraction of sp³-hybridized carbons (Fsp3) is 0.231. The van der Waals surface area contributed by atoms with Gasteiger partial charge in [0.25, 0.3) is 0 Å². The van der Waals surface area contributed by atoms with Gasteiger partial charge in [-0.25, -0.2) is 4.79 Å². The van der Waals surface area contributed by atoms with Crippen molar-refractivity contribution >= 4 is 11.5 Å². The number of carbonyl (C=O) groups is 1. The third-order valence-electron chi connectivity index (χ3n) is 2.08. The zero-order valence-electron chi connectivity index (χ0n) is 9.69. The quantitative estimate of drug-likeness (QED) is 0.610. The Morgan fingerprint density at radius 3 is 2.56 bits per heavy atom. The lowest BCUT2D eigenvalue weighted by molar-refractivity contribution is -0.164. The van der Waals surface area contributed by atoms with E-state index in [4.69, 9.17) is 5.26 Å². The van der Waals surface area contributed by atoms with Crippen LogP contribution in [0, 0.1) is 11.3 Å². The van der Waals surface area contributed by atoms with Crippen molar-refractivity contribution in [3.8, 4) is 6.07 Å². The lowest BCUT2D eigenvalue weighted by Gasteiger charge is -2.11. The highest BCUT2D eigenvalue weighted by molar-refractivity contribution is 5.86. The molecule has 0 aliphatic rings. The molecule has 0 aliphatic carbocycles. The molecule has 1 rings (SSSR count). The van der Waals surface area contributed by atoms with Crippen LogP contribution in [0.25, 0.3) is 5.57 Å². The van der Waals surface area contributed by atoms with Crippen LogP contribution in [0.2, 0.25) is 0 Å². The molecule has 1 aromatic rings. The predicted octanol–water partition coefficient (Wildman–Crippen LogP) is 2.79. The van der Waals surface area contributed by atoms with Gasteiger partial charge >= 0.3 is 11.9 Å². The minimum absolute atomic E-state index is 0.143. The Morgan fingerprint density at radius 1 is 1.44 bits per heavy atom. The summed E-state index contributed by atoms with van der Waals surface area (Å²) < 4.78 is 31.1. The number of rotatable bonds is 4. The van der Waals surface area contributed by atoms with Crippen molar-refractivity contribution in [3.05, 3.63) is 42.0 Å². The number of halogens is 2. The largest absolute Gasteiger partial charge is 0.461 e. The Hall–Kier alpha value is -2.22. The van der Waals surface area contributed by atoms with Gasteiger partial charge < -0.3 is 4.74 Å². The van der Waals surface area contributed by atoms with Crippen LogP contribution in [0.1, 0.15) is 12.5 Å². The molecule has 5 heteroatoms. The van der Waals surface area contributed by atoms with Crippen LogP contribution in [0.3, 0.4) is 0 Å². The average molecular weight is 251 g/mol. The van der Waals surface area contributed by atoms with Crippen molar-refractivity contribution in [1.29, 1.82) is 5.26 Å². The fourth-order valence-electron chi connectivity index (χ4n) is 1.27. The summed E-state index contributed by atoms with van der Waals surface area (Å²) in [6, 6.07) is 9.59. The number of hydrogen-bond acceptors (Lipinski definition) is 3. The van der Waals surface area contributed by atoms with Gasteiger partial charge in [-0.15, -0.1) is 0 Å². The van der Waals surface area contributed by atoms with E-state index in [-0.39, 0.29) is 12.2 Å². The standard InChI is InChI=1S/C13H11F2NO2/c1-2-18-12(17)13(14,15)8-11(9-16)10-6-4-3-5-7-10/h3-8H,2H2,1H3/b11-8+. The molecule has 0 saturated heterocycles. The van der Waals surface area contributed by atoms with Gasteiger partial charge in [0.05, 0.1) is 18.2 Å². The summed E-state index contributed by atoms with van der Waals surface area (Å²) in [6.45, 7) is 1.29. The molecule has 0 bridgehead atoms. The molecular weight excluding hydrogens is 240 g/mol. The Kier molecular flexibility index (Phi) is 4.55. The number of carbonyl (C=O) groups excluding carboxylic acids is 1. The van der Waals surface area contributed by atoms with Gasteiger partial charge in [0, 0.05) is 6.08 Å². The number of nitrogens with zero attached hydrogens (tertiary/aromatic N) is 1. The maximum atomic E-state index is 13.4. The second-order valence-electron chi connectivity index (χ2n) is 3.38. The number of benzene rings is 1. The highest BCUT2D eigenvalue weighted by Crippen LogP contribution is 2.24. The predicted molar refractivity (Wildman–Crippen MR) is 61.6 cm³/mol. The SMILES string of the molecule is CCOC(=O)C(F)(F)/C=C(\C#N)c1ccccc1. The molecule has 0 amide bonds. The van der Waals surface area contributed by atoms with E-state index < -0.39 is 11.9 Å². The van der Waals surface area contributed by atoms with Gasteiger partial charge in [-0.3, -0.25) is 0 Å². The summed E-state index contributed by atoms with van der Waals surface area (Å²) in [5, 5.41) is 8.85. The first-order chi connectivity index (χ1) is 8.51. The summed E-state index contributed by atoms with van der Waals surface area (Å²) in [5.74, 6) is -5.47. The monoisotopic (exact) mass is 251 g/mol. The van der Waals surface area contributed by atoms with Gasteiger partial charge in [-0.05, 0) is 12.5 Å².